The predicted molar refractivity (Wildman–Crippen MR) is 84.6 cm³/mol. The number of carbonyl (C=O) groups is 1. The number of hydrogen-bond donors (Lipinski definition) is 0. The Kier molecular flexibility index (Phi) is 6.56. The van der Waals surface area contributed by atoms with Crippen LogP contribution in [0, 0.1) is 6.92 Å². The average Bonchev–Trinajstić information content (AvgIpc) is 2.36. The maximum absolute atomic E-state index is 12.6. The first-order valence-corrected chi connectivity index (χ1v) is 7.83. The quantitative estimate of drug-likeness (QED) is 0.688. The lowest BCUT2D eigenvalue weighted by Gasteiger charge is -2.27. The van der Waals surface area contributed by atoms with Gasteiger partial charge in [-0.05, 0) is 55.3 Å². The second-order valence-electron chi connectivity index (χ2n) is 5.28. The minimum atomic E-state index is 0.127. The van der Waals surface area contributed by atoms with Gasteiger partial charge >= 0.3 is 0 Å². The fourth-order valence-electron chi connectivity index (χ4n) is 2.08. The van der Waals surface area contributed by atoms with Gasteiger partial charge in [-0.3, -0.25) is 4.79 Å². The van der Waals surface area contributed by atoms with Gasteiger partial charge in [0.25, 0.3) is 5.91 Å². The third-order valence-corrected chi connectivity index (χ3v) is 3.93. The summed E-state index contributed by atoms with van der Waals surface area (Å²) in [6.07, 6.45) is 3.42. The third-order valence-electron chi connectivity index (χ3n) is 3.24. The third kappa shape index (κ3) is 4.64. The van der Waals surface area contributed by atoms with Crippen LogP contribution in [0.4, 0.5) is 0 Å². The van der Waals surface area contributed by atoms with Crippen LogP contribution in [0.3, 0.4) is 0 Å². The zero-order valence-corrected chi connectivity index (χ0v) is 14.0. The molecule has 0 aliphatic rings. The monoisotopic (exact) mass is 325 g/mol. The Morgan fingerprint density at radius 1 is 1.32 bits per heavy atom. The highest BCUT2D eigenvalue weighted by Crippen LogP contribution is 2.21. The van der Waals surface area contributed by atoms with Crippen LogP contribution in [0.15, 0.2) is 22.7 Å². The van der Waals surface area contributed by atoms with Crippen molar-refractivity contribution in [1.29, 1.82) is 0 Å². The molecule has 0 atom stereocenters. The fourth-order valence-corrected chi connectivity index (χ4v) is 2.50. The Morgan fingerprint density at radius 2 is 2.00 bits per heavy atom. The van der Waals surface area contributed by atoms with Gasteiger partial charge < -0.3 is 4.90 Å². The number of amides is 1. The van der Waals surface area contributed by atoms with Crippen LogP contribution in [0.25, 0.3) is 0 Å². The van der Waals surface area contributed by atoms with Gasteiger partial charge in [-0.2, -0.15) is 0 Å². The van der Waals surface area contributed by atoms with E-state index in [1.807, 2.05) is 30.0 Å². The first-order valence-electron chi connectivity index (χ1n) is 7.04. The van der Waals surface area contributed by atoms with Crippen molar-refractivity contribution >= 4 is 21.8 Å². The van der Waals surface area contributed by atoms with Gasteiger partial charge in [-0.15, -0.1) is 0 Å². The molecule has 0 N–H and O–H groups in total. The molecule has 0 heterocycles. The van der Waals surface area contributed by atoms with Crippen molar-refractivity contribution in [3.63, 3.8) is 0 Å². The summed E-state index contributed by atoms with van der Waals surface area (Å²) in [5.41, 5.74) is 1.88. The van der Waals surface area contributed by atoms with E-state index in [1.165, 1.54) is 12.8 Å². The number of benzene rings is 1. The van der Waals surface area contributed by atoms with Crippen LogP contribution in [0.1, 0.15) is 56.0 Å². The van der Waals surface area contributed by atoms with Gasteiger partial charge in [-0.25, -0.2) is 0 Å². The van der Waals surface area contributed by atoms with Crippen LogP contribution in [-0.2, 0) is 0 Å². The van der Waals surface area contributed by atoms with Crippen LogP contribution < -0.4 is 0 Å². The van der Waals surface area contributed by atoms with E-state index in [1.54, 1.807) is 0 Å². The molecule has 106 valence electrons. The standard InChI is InChI=1S/C16H24BrNO/c1-5-6-7-10-18(12(2)3)16(19)14-11-13(4)8-9-15(14)17/h8-9,11-12H,5-7,10H2,1-4H3. The highest BCUT2D eigenvalue weighted by Gasteiger charge is 2.20. The van der Waals surface area contributed by atoms with Crippen molar-refractivity contribution < 1.29 is 4.79 Å². The van der Waals surface area contributed by atoms with Crippen LogP contribution >= 0.6 is 15.9 Å². The molecule has 0 saturated carbocycles. The minimum Gasteiger partial charge on any atom is -0.336 e. The Hall–Kier alpha value is -0.830. The summed E-state index contributed by atoms with van der Waals surface area (Å²) < 4.78 is 0.879. The van der Waals surface area contributed by atoms with Crippen molar-refractivity contribution in [2.45, 2.75) is 53.0 Å². The van der Waals surface area contributed by atoms with Crippen LogP contribution in [0.2, 0.25) is 0 Å². The zero-order valence-electron chi connectivity index (χ0n) is 12.4. The summed E-state index contributed by atoms with van der Waals surface area (Å²) in [5.74, 6) is 0.127. The van der Waals surface area contributed by atoms with Gasteiger partial charge in [0.15, 0.2) is 0 Å². The van der Waals surface area contributed by atoms with Crippen molar-refractivity contribution in [1.82, 2.24) is 4.90 Å². The van der Waals surface area contributed by atoms with Crippen molar-refractivity contribution in [2.24, 2.45) is 0 Å². The lowest BCUT2D eigenvalue weighted by molar-refractivity contribution is 0.0701. The minimum absolute atomic E-state index is 0.127. The second kappa shape index (κ2) is 7.68. The molecule has 2 nitrogen and oxygen atoms in total. The fraction of sp³-hybridized carbons (Fsp3) is 0.562. The number of aryl methyl sites for hydroxylation is 1. The molecule has 0 aromatic heterocycles. The van der Waals surface area contributed by atoms with Crippen LogP contribution in [-0.4, -0.2) is 23.4 Å². The van der Waals surface area contributed by atoms with E-state index in [4.69, 9.17) is 0 Å². The molecule has 3 heteroatoms. The average molecular weight is 326 g/mol. The number of hydrogen-bond acceptors (Lipinski definition) is 1. The normalized spacial score (nSPS) is 10.8. The number of halogens is 1. The van der Waals surface area contributed by atoms with Gasteiger partial charge in [0.1, 0.15) is 0 Å². The highest BCUT2D eigenvalue weighted by atomic mass is 79.9. The largest absolute Gasteiger partial charge is 0.336 e. The lowest BCUT2D eigenvalue weighted by Crippen LogP contribution is -2.38. The number of rotatable bonds is 6. The summed E-state index contributed by atoms with van der Waals surface area (Å²) in [6, 6.07) is 6.16. The summed E-state index contributed by atoms with van der Waals surface area (Å²) >= 11 is 3.48. The first kappa shape index (κ1) is 16.2. The molecule has 0 saturated heterocycles. The topological polar surface area (TPSA) is 20.3 Å². The van der Waals surface area contributed by atoms with Gasteiger partial charge in [0.05, 0.1) is 5.56 Å². The van der Waals surface area contributed by atoms with Crippen LogP contribution in [0.5, 0.6) is 0 Å². The SMILES string of the molecule is CCCCCN(C(=O)c1cc(C)ccc1Br)C(C)C. The molecular formula is C16H24BrNO. The van der Waals surface area contributed by atoms with Gasteiger partial charge in [-0.1, -0.05) is 31.4 Å². The van der Waals surface area contributed by atoms with E-state index in [0.717, 1.165) is 28.6 Å². The van der Waals surface area contributed by atoms with Gasteiger partial charge in [0.2, 0.25) is 0 Å². The molecule has 0 radical (unpaired) electrons. The Bertz CT molecular complexity index is 429. The smallest absolute Gasteiger partial charge is 0.255 e. The molecule has 0 fully saturated rings. The molecule has 0 aliphatic carbocycles. The first-order chi connectivity index (χ1) is 8.97. The molecule has 1 rings (SSSR count). The van der Waals surface area contributed by atoms with E-state index in [0.29, 0.717) is 0 Å². The van der Waals surface area contributed by atoms with E-state index < -0.39 is 0 Å². The predicted octanol–water partition coefficient (Wildman–Crippen LogP) is 4.80. The Morgan fingerprint density at radius 3 is 2.58 bits per heavy atom. The molecule has 1 aromatic carbocycles. The number of nitrogens with zero attached hydrogens (tertiary/aromatic N) is 1. The maximum Gasteiger partial charge on any atom is 0.255 e. The molecule has 0 unspecified atom stereocenters. The summed E-state index contributed by atoms with van der Waals surface area (Å²) in [7, 11) is 0. The summed E-state index contributed by atoms with van der Waals surface area (Å²) in [6.45, 7) is 9.19. The second-order valence-corrected chi connectivity index (χ2v) is 6.14. The van der Waals surface area contributed by atoms with E-state index >= 15 is 0 Å². The van der Waals surface area contributed by atoms with E-state index in [-0.39, 0.29) is 11.9 Å². The molecule has 0 spiro atoms. The molecule has 0 aliphatic heterocycles. The highest BCUT2D eigenvalue weighted by molar-refractivity contribution is 9.10. The summed E-state index contributed by atoms with van der Waals surface area (Å²) in [4.78, 5) is 14.6. The molecule has 19 heavy (non-hydrogen) atoms. The summed E-state index contributed by atoms with van der Waals surface area (Å²) in [5, 5.41) is 0. The molecule has 0 bridgehead atoms. The maximum atomic E-state index is 12.6. The number of unbranched alkanes of at least 4 members (excludes halogenated alkanes) is 2. The Balaban J connectivity index is 2.89. The zero-order chi connectivity index (χ0) is 14.4. The number of carbonyl (C=O) groups excluding carboxylic acids is 1. The van der Waals surface area contributed by atoms with Gasteiger partial charge in [0, 0.05) is 17.1 Å². The van der Waals surface area contributed by atoms with Crippen molar-refractivity contribution in [2.75, 3.05) is 6.54 Å². The van der Waals surface area contributed by atoms with E-state index in [9.17, 15) is 4.79 Å². The molecular weight excluding hydrogens is 302 g/mol. The van der Waals surface area contributed by atoms with Crippen molar-refractivity contribution in [3.05, 3.63) is 33.8 Å². The molecule has 1 amide bonds. The molecule has 1 aromatic rings. The lowest BCUT2D eigenvalue weighted by atomic mass is 10.1. The Labute approximate surface area is 125 Å². The van der Waals surface area contributed by atoms with Crippen molar-refractivity contribution in [3.8, 4) is 0 Å². The van der Waals surface area contributed by atoms with E-state index in [2.05, 4.69) is 36.7 Å².